The molecule has 2 aromatic rings. The van der Waals surface area contributed by atoms with Crippen LogP contribution in [0, 0.1) is 11.8 Å². The Hall–Kier alpha value is -4.03. The van der Waals surface area contributed by atoms with Crippen LogP contribution < -0.4 is 9.64 Å². The number of likely N-dealkylation sites (tertiary alicyclic amines) is 1. The number of hydrogen-bond acceptors (Lipinski definition) is 8. The van der Waals surface area contributed by atoms with Crippen LogP contribution in [0.5, 0.6) is 5.75 Å². The van der Waals surface area contributed by atoms with Gasteiger partial charge in [-0.25, -0.2) is 0 Å². The Bertz CT molecular complexity index is 1550. The van der Waals surface area contributed by atoms with Crippen LogP contribution in [0.25, 0.3) is 0 Å². The second-order valence-corrected chi connectivity index (χ2v) is 13.8. The van der Waals surface area contributed by atoms with Gasteiger partial charge in [-0.3, -0.25) is 19.3 Å². The molecule has 3 amide bonds. The quantitative estimate of drug-likeness (QED) is 0.284. The second-order valence-electron chi connectivity index (χ2n) is 13.8. The van der Waals surface area contributed by atoms with E-state index in [1.807, 2.05) is 68.4 Å². The maximum absolute atomic E-state index is 15.1. The molecule has 6 rings (SSSR count). The Kier molecular flexibility index (Phi) is 10.8. The van der Waals surface area contributed by atoms with E-state index in [-0.39, 0.29) is 30.8 Å². The van der Waals surface area contributed by atoms with E-state index in [0.717, 1.165) is 13.1 Å². The van der Waals surface area contributed by atoms with Gasteiger partial charge in [0.25, 0.3) is 0 Å². The zero-order valence-electron chi connectivity index (χ0n) is 29.2. The second kappa shape index (κ2) is 15.1. The van der Waals surface area contributed by atoms with Crippen molar-refractivity contribution in [2.24, 2.45) is 11.8 Å². The van der Waals surface area contributed by atoms with Crippen molar-refractivity contribution < 1.29 is 33.7 Å². The van der Waals surface area contributed by atoms with E-state index < -0.39 is 41.7 Å². The third kappa shape index (κ3) is 6.36. The zero-order chi connectivity index (χ0) is 35.5. The van der Waals surface area contributed by atoms with Gasteiger partial charge in [0.2, 0.25) is 17.7 Å². The molecule has 0 aliphatic carbocycles. The monoisotopic (exact) mass is 686 g/mol. The van der Waals surface area contributed by atoms with E-state index in [1.165, 1.54) is 4.90 Å². The van der Waals surface area contributed by atoms with Crippen molar-refractivity contribution in [2.45, 2.75) is 50.0 Å². The fraction of sp³-hybridized carbons (Fsp3) is 0.513. The van der Waals surface area contributed by atoms with Gasteiger partial charge in [0, 0.05) is 45.0 Å². The van der Waals surface area contributed by atoms with Gasteiger partial charge in [0.15, 0.2) is 0 Å². The van der Waals surface area contributed by atoms with E-state index in [4.69, 9.17) is 14.2 Å². The Labute approximate surface area is 295 Å². The highest BCUT2D eigenvalue weighted by Crippen LogP contribution is 2.64. The number of hydrogen-bond donors (Lipinski definition) is 1. The third-order valence-electron chi connectivity index (χ3n) is 10.9. The van der Waals surface area contributed by atoms with E-state index in [2.05, 4.69) is 18.1 Å². The normalized spacial score (nSPS) is 27.9. The van der Waals surface area contributed by atoms with Gasteiger partial charge in [0.05, 0.1) is 49.9 Å². The summed E-state index contributed by atoms with van der Waals surface area (Å²) in [6, 6.07) is 14.7. The molecule has 4 aliphatic rings. The van der Waals surface area contributed by atoms with Crippen LogP contribution in [0.3, 0.4) is 0 Å². The van der Waals surface area contributed by atoms with Crippen molar-refractivity contribution in [3.63, 3.8) is 0 Å². The number of morpholine rings is 1. The van der Waals surface area contributed by atoms with E-state index >= 15 is 9.59 Å². The number of carbonyl (C=O) groups excluding carboxylic acids is 3. The van der Waals surface area contributed by atoms with Gasteiger partial charge < -0.3 is 34.0 Å². The molecule has 50 heavy (non-hydrogen) atoms. The predicted octanol–water partition coefficient (Wildman–Crippen LogP) is 3.45. The highest BCUT2D eigenvalue weighted by Gasteiger charge is 2.79. The maximum atomic E-state index is 15.1. The molecule has 4 heterocycles. The summed E-state index contributed by atoms with van der Waals surface area (Å²) in [6.45, 7) is 16.2. The molecule has 6 atom stereocenters. The number of fused-ring (bicyclic) bond motifs is 1. The lowest BCUT2D eigenvalue weighted by atomic mass is 9.66. The predicted molar refractivity (Wildman–Crippen MR) is 190 cm³/mol. The zero-order valence-corrected chi connectivity index (χ0v) is 29.2. The summed E-state index contributed by atoms with van der Waals surface area (Å²) in [7, 11) is 0. The Balaban J connectivity index is 1.40. The van der Waals surface area contributed by atoms with Crippen LogP contribution in [-0.2, 0) is 23.9 Å². The highest BCUT2D eigenvalue weighted by molar-refractivity contribution is 6.03. The van der Waals surface area contributed by atoms with Crippen LogP contribution in [0.1, 0.15) is 38.3 Å². The van der Waals surface area contributed by atoms with Crippen molar-refractivity contribution in [2.75, 3.05) is 70.6 Å². The maximum Gasteiger partial charge on any atom is 0.248 e. The first kappa shape index (κ1) is 35.8. The molecule has 1 N–H and O–H groups in total. The average Bonchev–Trinajstić information content (AvgIpc) is 3.71. The Morgan fingerprint density at radius 1 is 1.04 bits per heavy atom. The van der Waals surface area contributed by atoms with Crippen LogP contribution in [0.4, 0.5) is 5.69 Å². The van der Waals surface area contributed by atoms with Crippen LogP contribution in [0.15, 0.2) is 79.9 Å². The smallest absolute Gasteiger partial charge is 0.248 e. The summed E-state index contributed by atoms with van der Waals surface area (Å²) >= 11 is 0. The number of aliphatic hydroxyl groups excluding tert-OH is 1. The number of carbonyl (C=O) groups is 3. The molecule has 4 aliphatic heterocycles. The lowest BCUT2D eigenvalue weighted by Gasteiger charge is -2.40. The summed E-state index contributed by atoms with van der Waals surface area (Å²) in [6.07, 6.45) is 4.28. The van der Waals surface area contributed by atoms with Crippen LogP contribution in [0.2, 0.25) is 0 Å². The molecule has 2 bridgehead atoms. The molecule has 4 fully saturated rings. The van der Waals surface area contributed by atoms with Crippen molar-refractivity contribution >= 4 is 23.4 Å². The van der Waals surface area contributed by atoms with Gasteiger partial charge >= 0.3 is 0 Å². The van der Waals surface area contributed by atoms with Gasteiger partial charge in [-0.15, -0.1) is 13.2 Å². The number of nitrogens with zero attached hydrogens (tertiary/aromatic N) is 4. The minimum Gasteiger partial charge on any atom is -0.494 e. The molecule has 0 saturated carbocycles. The molecular weight excluding hydrogens is 636 g/mol. The van der Waals surface area contributed by atoms with Gasteiger partial charge in [-0.05, 0) is 56.5 Å². The summed E-state index contributed by atoms with van der Waals surface area (Å²) in [4.78, 5) is 52.1. The first-order valence-corrected chi connectivity index (χ1v) is 17.8. The summed E-state index contributed by atoms with van der Waals surface area (Å²) in [5.74, 6) is -2.00. The van der Waals surface area contributed by atoms with Crippen molar-refractivity contribution in [1.82, 2.24) is 14.7 Å². The first-order chi connectivity index (χ1) is 24.2. The lowest BCUT2D eigenvalue weighted by molar-refractivity contribution is -0.155. The molecule has 1 spiro atoms. The third-order valence-corrected chi connectivity index (χ3v) is 10.9. The Morgan fingerprint density at radius 3 is 2.38 bits per heavy atom. The summed E-state index contributed by atoms with van der Waals surface area (Å²) < 4.78 is 18.1. The van der Waals surface area contributed by atoms with Crippen LogP contribution in [-0.4, -0.2) is 120 Å². The number of rotatable bonds is 15. The van der Waals surface area contributed by atoms with E-state index in [9.17, 15) is 9.90 Å². The van der Waals surface area contributed by atoms with Crippen LogP contribution >= 0.6 is 0 Å². The number of aliphatic hydroxyl groups is 1. The molecule has 11 heteroatoms. The lowest BCUT2D eigenvalue weighted by Crippen LogP contribution is -2.58. The minimum atomic E-state index is -1.26. The van der Waals surface area contributed by atoms with Crippen molar-refractivity contribution in [3.05, 3.63) is 85.5 Å². The highest BCUT2D eigenvalue weighted by atomic mass is 16.5. The van der Waals surface area contributed by atoms with Gasteiger partial charge in [-0.2, -0.15) is 0 Å². The van der Waals surface area contributed by atoms with Gasteiger partial charge in [-0.1, -0.05) is 42.5 Å². The fourth-order valence-electron chi connectivity index (χ4n) is 8.60. The summed E-state index contributed by atoms with van der Waals surface area (Å²) in [5, 5.41) is 10.9. The van der Waals surface area contributed by atoms with E-state index in [1.54, 1.807) is 22.0 Å². The SMILES string of the molecule is C=CCN(CCN1CCOCC1)C(=O)C1N([C@H](CO)c2ccccc2)C(=O)[C@@H]2[C@H](C(=O)N(CC=C)c3ccc(OCC)cc3)[C@]3(C)CCC12O3. The van der Waals surface area contributed by atoms with Crippen molar-refractivity contribution in [1.29, 1.82) is 0 Å². The standard InChI is InChI=1S/C39H50N4O7/c1-5-19-41(22-21-40-23-25-48-26-24-40)37(47)34-39-18-17-38(4,50-39)32(33(39)36(46)43(34)31(27-44)28-11-9-8-10-12-28)35(45)42(20-6-2)29-13-15-30(16-14-29)49-7-3/h5-6,8-16,31-34,44H,1-2,7,17-27H2,3-4H3/t31-,32-,33+,34?,38+,39?/m1/s1. The Morgan fingerprint density at radius 2 is 1.74 bits per heavy atom. The van der Waals surface area contributed by atoms with Crippen molar-refractivity contribution in [3.8, 4) is 5.75 Å². The largest absolute Gasteiger partial charge is 0.494 e. The topological polar surface area (TPSA) is 112 Å². The van der Waals surface area contributed by atoms with Gasteiger partial charge in [0.1, 0.15) is 17.4 Å². The minimum absolute atomic E-state index is 0.220. The number of ether oxygens (including phenoxy) is 3. The summed E-state index contributed by atoms with van der Waals surface area (Å²) in [5.41, 5.74) is -0.896. The molecule has 268 valence electrons. The molecule has 2 unspecified atom stereocenters. The molecule has 0 aromatic heterocycles. The molecule has 2 aromatic carbocycles. The molecule has 11 nitrogen and oxygen atoms in total. The molecular formula is C39H50N4O7. The number of anilines is 1. The first-order valence-electron chi connectivity index (χ1n) is 17.8. The fourth-order valence-corrected chi connectivity index (χ4v) is 8.60. The number of benzene rings is 2. The molecule has 0 radical (unpaired) electrons. The average molecular weight is 687 g/mol. The van der Waals surface area contributed by atoms with E-state index in [0.29, 0.717) is 62.8 Å². The number of amides is 3. The molecule has 4 saturated heterocycles.